The average molecular weight is 224 g/mol. The predicted octanol–water partition coefficient (Wildman–Crippen LogP) is 1.13. The molecule has 82 valence electrons. The lowest BCUT2D eigenvalue weighted by Crippen LogP contribution is -2.29. The molecule has 2 rings (SSSR count). The molecule has 0 aromatic carbocycles. The summed E-state index contributed by atoms with van der Waals surface area (Å²) in [5, 5.41) is 8.49. The lowest BCUT2D eigenvalue weighted by Gasteiger charge is -2.08. The quantitative estimate of drug-likeness (QED) is 0.737. The zero-order valence-corrected chi connectivity index (χ0v) is 9.48. The Bertz CT molecular complexity index is 304. The number of Topliss-reactive ketones (excluding diaryl/α,β-unsaturated/α-hetero) is 1. The Kier molecular flexibility index (Phi) is 3.88. The molecule has 1 aromatic heterocycles. The average Bonchev–Trinajstić information content (AvgIpc) is 2.90. The van der Waals surface area contributed by atoms with Crippen molar-refractivity contribution < 1.29 is 4.79 Å². The van der Waals surface area contributed by atoms with Crippen LogP contribution in [0.4, 0.5) is 0 Å². The molecule has 1 atom stereocenters. The van der Waals surface area contributed by atoms with E-state index in [2.05, 4.69) is 10.6 Å². The van der Waals surface area contributed by atoms with E-state index in [4.69, 9.17) is 0 Å². The number of hydrogen-bond acceptors (Lipinski definition) is 4. The maximum Gasteiger partial charge on any atom is 0.186 e. The van der Waals surface area contributed by atoms with Gasteiger partial charge in [-0.2, -0.15) is 0 Å². The first kappa shape index (κ1) is 10.8. The van der Waals surface area contributed by atoms with Gasteiger partial charge >= 0.3 is 0 Å². The molecule has 1 unspecified atom stereocenters. The Morgan fingerprint density at radius 3 is 3.27 bits per heavy atom. The number of thiophene rings is 1. The second kappa shape index (κ2) is 5.39. The summed E-state index contributed by atoms with van der Waals surface area (Å²) in [7, 11) is 0. The lowest BCUT2D eigenvalue weighted by atomic mass is 10.1. The standard InChI is InChI=1S/C11H16N2OS/c14-10(11-2-1-5-15-11)8-13-7-9-3-4-12-6-9/h1-2,5,9,12-13H,3-4,6-8H2. The molecule has 0 saturated carbocycles. The van der Waals surface area contributed by atoms with E-state index < -0.39 is 0 Å². The van der Waals surface area contributed by atoms with Gasteiger partial charge in [0.05, 0.1) is 11.4 Å². The predicted molar refractivity (Wildman–Crippen MR) is 62.5 cm³/mol. The molecule has 0 aliphatic carbocycles. The number of hydrogen-bond donors (Lipinski definition) is 2. The number of ketones is 1. The highest BCUT2D eigenvalue weighted by molar-refractivity contribution is 7.12. The van der Waals surface area contributed by atoms with Crippen LogP contribution in [0.15, 0.2) is 17.5 Å². The van der Waals surface area contributed by atoms with Gasteiger partial charge in [-0.05, 0) is 43.4 Å². The van der Waals surface area contributed by atoms with Crippen molar-refractivity contribution in [1.82, 2.24) is 10.6 Å². The highest BCUT2D eigenvalue weighted by Crippen LogP contribution is 2.09. The molecule has 1 aliphatic rings. The zero-order valence-electron chi connectivity index (χ0n) is 8.66. The molecule has 1 aliphatic heterocycles. The summed E-state index contributed by atoms with van der Waals surface area (Å²) in [6.07, 6.45) is 1.22. The van der Waals surface area contributed by atoms with E-state index in [1.165, 1.54) is 17.8 Å². The monoisotopic (exact) mass is 224 g/mol. The van der Waals surface area contributed by atoms with Crippen LogP contribution < -0.4 is 10.6 Å². The number of nitrogens with one attached hydrogen (secondary N) is 2. The largest absolute Gasteiger partial charge is 0.316 e. The summed E-state index contributed by atoms with van der Waals surface area (Å²) in [6, 6.07) is 3.80. The Labute approximate surface area is 93.9 Å². The van der Waals surface area contributed by atoms with Gasteiger partial charge in [0.2, 0.25) is 0 Å². The van der Waals surface area contributed by atoms with Crippen molar-refractivity contribution in [3.8, 4) is 0 Å². The van der Waals surface area contributed by atoms with Crippen molar-refractivity contribution in [3.63, 3.8) is 0 Å². The minimum absolute atomic E-state index is 0.205. The fourth-order valence-electron chi connectivity index (χ4n) is 1.80. The molecule has 0 spiro atoms. The van der Waals surface area contributed by atoms with Crippen LogP contribution in [-0.2, 0) is 0 Å². The normalized spacial score (nSPS) is 20.7. The third-order valence-electron chi connectivity index (χ3n) is 2.68. The number of carbonyl (C=O) groups excluding carboxylic acids is 1. The first-order valence-corrected chi connectivity index (χ1v) is 6.22. The van der Waals surface area contributed by atoms with Crippen molar-refractivity contribution in [2.24, 2.45) is 5.92 Å². The van der Waals surface area contributed by atoms with Gasteiger partial charge in [0.15, 0.2) is 5.78 Å². The molecule has 4 heteroatoms. The molecule has 15 heavy (non-hydrogen) atoms. The van der Waals surface area contributed by atoms with Crippen LogP contribution in [0.3, 0.4) is 0 Å². The maximum absolute atomic E-state index is 11.6. The maximum atomic E-state index is 11.6. The van der Waals surface area contributed by atoms with Crippen LogP contribution in [0.2, 0.25) is 0 Å². The zero-order chi connectivity index (χ0) is 10.5. The van der Waals surface area contributed by atoms with Crippen LogP contribution in [0.25, 0.3) is 0 Å². The second-order valence-electron chi connectivity index (χ2n) is 3.89. The van der Waals surface area contributed by atoms with Gasteiger partial charge in [-0.15, -0.1) is 11.3 Å². The highest BCUT2D eigenvalue weighted by atomic mass is 32.1. The van der Waals surface area contributed by atoms with Crippen molar-refractivity contribution in [3.05, 3.63) is 22.4 Å². The Hall–Kier alpha value is -0.710. The fraction of sp³-hybridized carbons (Fsp3) is 0.545. The molecular weight excluding hydrogens is 208 g/mol. The van der Waals surface area contributed by atoms with E-state index in [-0.39, 0.29) is 5.78 Å². The minimum Gasteiger partial charge on any atom is -0.316 e. The third kappa shape index (κ3) is 3.12. The van der Waals surface area contributed by atoms with Crippen LogP contribution in [0.1, 0.15) is 16.1 Å². The molecular formula is C11H16N2OS. The third-order valence-corrected chi connectivity index (χ3v) is 3.59. The molecule has 2 N–H and O–H groups in total. The van der Waals surface area contributed by atoms with Crippen LogP contribution in [-0.4, -0.2) is 32.0 Å². The van der Waals surface area contributed by atoms with E-state index in [1.54, 1.807) is 0 Å². The summed E-state index contributed by atoms with van der Waals surface area (Å²) in [5.41, 5.74) is 0. The summed E-state index contributed by atoms with van der Waals surface area (Å²) in [6.45, 7) is 3.62. The fourth-order valence-corrected chi connectivity index (χ4v) is 2.47. The van der Waals surface area contributed by atoms with Crippen molar-refractivity contribution in [1.29, 1.82) is 0 Å². The SMILES string of the molecule is O=C(CNCC1CCNC1)c1cccs1. The van der Waals surface area contributed by atoms with Gasteiger partial charge < -0.3 is 10.6 Å². The topological polar surface area (TPSA) is 41.1 Å². The van der Waals surface area contributed by atoms with Crippen molar-refractivity contribution in [2.75, 3.05) is 26.2 Å². The summed E-state index contributed by atoms with van der Waals surface area (Å²) in [4.78, 5) is 12.5. The van der Waals surface area contributed by atoms with Gasteiger partial charge in [0, 0.05) is 0 Å². The smallest absolute Gasteiger partial charge is 0.186 e. The molecule has 1 fully saturated rings. The van der Waals surface area contributed by atoms with E-state index >= 15 is 0 Å². The minimum atomic E-state index is 0.205. The van der Waals surface area contributed by atoms with Gasteiger partial charge in [-0.1, -0.05) is 6.07 Å². The summed E-state index contributed by atoms with van der Waals surface area (Å²) in [5.74, 6) is 0.900. The molecule has 1 aromatic rings. The second-order valence-corrected chi connectivity index (χ2v) is 4.84. The first-order chi connectivity index (χ1) is 7.36. The highest BCUT2D eigenvalue weighted by Gasteiger charge is 2.14. The van der Waals surface area contributed by atoms with Gasteiger partial charge in [0.25, 0.3) is 0 Å². The molecule has 0 amide bonds. The van der Waals surface area contributed by atoms with E-state index in [0.29, 0.717) is 12.5 Å². The van der Waals surface area contributed by atoms with Crippen molar-refractivity contribution >= 4 is 17.1 Å². The summed E-state index contributed by atoms with van der Waals surface area (Å²) >= 11 is 1.51. The molecule has 0 bridgehead atoms. The van der Waals surface area contributed by atoms with E-state index in [9.17, 15) is 4.79 Å². The Balaban J connectivity index is 1.67. The molecule has 2 heterocycles. The molecule has 3 nitrogen and oxygen atoms in total. The van der Waals surface area contributed by atoms with Gasteiger partial charge in [-0.3, -0.25) is 4.79 Å². The first-order valence-electron chi connectivity index (χ1n) is 5.34. The summed E-state index contributed by atoms with van der Waals surface area (Å²) < 4.78 is 0. The molecule has 0 radical (unpaired) electrons. The van der Waals surface area contributed by atoms with Crippen LogP contribution >= 0.6 is 11.3 Å². The Morgan fingerprint density at radius 1 is 1.67 bits per heavy atom. The van der Waals surface area contributed by atoms with Crippen LogP contribution in [0.5, 0.6) is 0 Å². The molecule has 1 saturated heterocycles. The van der Waals surface area contributed by atoms with Gasteiger partial charge in [0.1, 0.15) is 0 Å². The van der Waals surface area contributed by atoms with E-state index in [0.717, 1.165) is 24.5 Å². The number of carbonyl (C=O) groups is 1. The van der Waals surface area contributed by atoms with E-state index in [1.807, 2.05) is 17.5 Å². The Morgan fingerprint density at radius 2 is 2.60 bits per heavy atom. The lowest BCUT2D eigenvalue weighted by molar-refractivity contribution is 0.0994. The number of rotatable bonds is 5. The van der Waals surface area contributed by atoms with Crippen LogP contribution in [0, 0.1) is 5.92 Å². The van der Waals surface area contributed by atoms with Gasteiger partial charge in [-0.25, -0.2) is 0 Å². The van der Waals surface area contributed by atoms with Crippen molar-refractivity contribution in [2.45, 2.75) is 6.42 Å².